The third-order valence-corrected chi connectivity index (χ3v) is 3.31. The first-order valence-corrected chi connectivity index (χ1v) is 7.74. The van der Waals surface area contributed by atoms with Crippen molar-refractivity contribution in [1.29, 1.82) is 0 Å². The molecule has 0 bridgehead atoms. The molecule has 0 aromatic heterocycles. The Labute approximate surface area is 145 Å². The number of hydrogen-bond donors (Lipinski definition) is 0. The van der Waals surface area contributed by atoms with E-state index in [1.807, 2.05) is 6.92 Å². The lowest BCUT2D eigenvalue weighted by atomic mass is 10.2. The van der Waals surface area contributed by atoms with Gasteiger partial charge in [0, 0.05) is 5.02 Å². The Balaban J connectivity index is 1.89. The molecule has 0 aliphatic rings. The van der Waals surface area contributed by atoms with E-state index in [0.29, 0.717) is 28.7 Å². The minimum absolute atomic E-state index is 0.234. The Hall–Kier alpha value is -2.53. The van der Waals surface area contributed by atoms with E-state index < -0.39 is 11.9 Å². The molecule has 0 fully saturated rings. The van der Waals surface area contributed by atoms with Crippen molar-refractivity contribution in [3.8, 4) is 11.5 Å². The summed E-state index contributed by atoms with van der Waals surface area (Å²) < 4.78 is 15.4. The molecule has 2 rings (SSSR count). The number of hydrogen-bond acceptors (Lipinski definition) is 5. The summed E-state index contributed by atoms with van der Waals surface area (Å²) in [6.45, 7) is 3.64. The van der Waals surface area contributed by atoms with E-state index in [1.165, 1.54) is 24.3 Å². The smallest absolute Gasteiger partial charge is 0.349 e. The van der Waals surface area contributed by atoms with Gasteiger partial charge in [-0.1, -0.05) is 11.6 Å². The summed E-state index contributed by atoms with van der Waals surface area (Å²) in [5.41, 5.74) is 1.22. The van der Waals surface area contributed by atoms with E-state index in [2.05, 4.69) is 0 Å². The van der Waals surface area contributed by atoms with Crippen LogP contribution in [0.15, 0.2) is 42.5 Å². The van der Waals surface area contributed by atoms with Gasteiger partial charge >= 0.3 is 11.9 Å². The van der Waals surface area contributed by atoms with Gasteiger partial charge < -0.3 is 14.2 Å². The van der Waals surface area contributed by atoms with E-state index in [9.17, 15) is 9.59 Å². The molecule has 2 aromatic carbocycles. The number of esters is 2. The fraction of sp³-hybridized carbons (Fsp3) is 0.222. The van der Waals surface area contributed by atoms with Gasteiger partial charge in [0.15, 0.2) is 6.61 Å². The highest BCUT2D eigenvalue weighted by Crippen LogP contribution is 2.22. The molecule has 2 aromatic rings. The standard InChI is InChI=1S/C18H17ClO5/c1-3-22-18(21)13-4-7-15(8-5-13)24-17(20)11-23-16-9-6-14(19)10-12(16)2/h4-10H,3,11H2,1-2H3. The van der Waals surface area contributed by atoms with Crippen molar-refractivity contribution in [2.24, 2.45) is 0 Å². The highest BCUT2D eigenvalue weighted by molar-refractivity contribution is 6.30. The van der Waals surface area contributed by atoms with Crippen LogP contribution in [0.5, 0.6) is 11.5 Å². The molecular weight excluding hydrogens is 332 g/mol. The van der Waals surface area contributed by atoms with Gasteiger partial charge in [-0.3, -0.25) is 0 Å². The van der Waals surface area contributed by atoms with Crippen molar-refractivity contribution in [2.75, 3.05) is 13.2 Å². The number of carbonyl (C=O) groups is 2. The highest BCUT2D eigenvalue weighted by Gasteiger charge is 2.10. The Bertz CT molecular complexity index is 725. The topological polar surface area (TPSA) is 61.8 Å². The minimum Gasteiger partial charge on any atom is -0.482 e. The van der Waals surface area contributed by atoms with Crippen LogP contribution >= 0.6 is 11.6 Å². The van der Waals surface area contributed by atoms with E-state index in [0.717, 1.165) is 5.56 Å². The fourth-order valence-corrected chi connectivity index (χ4v) is 2.17. The zero-order chi connectivity index (χ0) is 17.5. The van der Waals surface area contributed by atoms with Crippen LogP contribution in [0.3, 0.4) is 0 Å². The number of benzene rings is 2. The predicted molar refractivity (Wildman–Crippen MR) is 89.7 cm³/mol. The van der Waals surface area contributed by atoms with Crippen molar-refractivity contribution in [1.82, 2.24) is 0 Å². The van der Waals surface area contributed by atoms with Crippen molar-refractivity contribution in [3.05, 3.63) is 58.6 Å². The molecule has 0 atom stereocenters. The summed E-state index contributed by atoms with van der Waals surface area (Å²) in [7, 11) is 0. The van der Waals surface area contributed by atoms with Gasteiger partial charge in [-0.25, -0.2) is 9.59 Å². The van der Waals surface area contributed by atoms with Crippen LogP contribution in [0, 0.1) is 6.92 Å². The second-order valence-electron chi connectivity index (χ2n) is 4.92. The van der Waals surface area contributed by atoms with Gasteiger partial charge in [-0.2, -0.15) is 0 Å². The first-order valence-electron chi connectivity index (χ1n) is 7.36. The van der Waals surface area contributed by atoms with Gasteiger partial charge in [0.2, 0.25) is 0 Å². The third-order valence-electron chi connectivity index (χ3n) is 3.08. The van der Waals surface area contributed by atoms with Gasteiger partial charge in [0.1, 0.15) is 11.5 Å². The van der Waals surface area contributed by atoms with E-state index in [4.69, 9.17) is 25.8 Å². The summed E-state index contributed by atoms with van der Waals surface area (Å²) in [6, 6.07) is 11.2. The first kappa shape index (κ1) is 17.8. The van der Waals surface area contributed by atoms with Crippen LogP contribution in [0.1, 0.15) is 22.8 Å². The van der Waals surface area contributed by atoms with Crippen molar-refractivity contribution < 1.29 is 23.8 Å². The summed E-state index contributed by atoms with van der Waals surface area (Å²) in [5, 5.41) is 0.601. The van der Waals surface area contributed by atoms with Crippen molar-refractivity contribution >= 4 is 23.5 Å². The van der Waals surface area contributed by atoms with Gasteiger partial charge in [-0.05, 0) is 61.9 Å². The summed E-state index contributed by atoms with van der Waals surface area (Å²) in [5.74, 6) is -0.0800. The lowest BCUT2D eigenvalue weighted by molar-refractivity contribution is -0.136. The molecule has 24 heavy (non-hydrogen) atoms. The number of ether oxygens (including phenoxy) is 3. The summed E-state index contributed by atoms with van der Waals surface area (Å²) in [6.07, 6.45) is 0. The zero-order valence-electron chi connectivity index (χ0n) is 13.4. The van der Waals surface area contributed by atoms with Crippen molar-refractivity contribution in [3.63, 3.8) is 0 Å². The zero-order valence-corrected chi connectivity index (χ0v) is 14.1. The SMILES string of the molecule is CCOC(=O)c1ccc(OC(=O)COc2ccc(Cl)cc2C)cc1. The average molecular weight is 349 g/mol. The lowest BCUT2D eigenvalue weighted by Gasteiger charge is -2.09. The normalized spacial score (nSPS) is 10.1. The number of carbonyl (C=O) groups excluding carboxylic acids is 2. The first-order chi connectivity index (χ1) is 11.5. The van der Waals surface area contributed by atoms with Crippen LogP contribution in [0.4, 0.5) is 0 Å². The molecule has 0 amide bonds. The van der Waals surface area contributed by atoms with E-state index >= 15 is 0 Å². The number of aryl methyl sites for hydroxylation is 1. The molecule has 0 spiro atoms. The molecule has 0 saturated heterocycles. The molecule has 0 aliphatic carbocycles. The largest absolute Gasteiger partial charge is 0.482 e. The Morgan fingerprint density at radius 3 is 2.42 bits per heavy atom. The second-order valence-corrected chi connectivity index (χ2v) is 5.35. The van der Waals surface area contributed by atoms with Gasteiger partial charge in [0.05, 0.1) is 12.2 Å². The maximum absolute atomic E-state index is 11.8. The minimum atomic E-state index is -0.548. The molecule has 126 valence electrons. The van der Waals surface area contributed by atoms with Crippen LogP contribution in [0.25, 0.3) is 0 Å². The van der Waals surface area contributed by atoms with E-state index in [-0.39, 0.29) is 6.61 Å². The Morgan fingerprint density at radius 1 is 1.08 bits per heavy atom. The number of rotatable bonds is 6. The quantitative estimate of drug-likeness (QED) is 0.586. The Kier molecular flexibility index (Phi) is 6.21. The monoisotopic (exact) mass is 348 g/mol. The maximum atomic E-state index is 11.8. The van der Waals surface area contributed by atoms with Crippen molar-refractivity contribution in [2.45, 2.75) is 13.8 Å². The van der Waals surface area contributed by atoms with Crippen LogP contribution in [-0.2, 0) is 9.53 Å². The highest BCUT2D eigenvalue weighted by atomic mass is 35.5. The van der Waals surface area contributed by atoms with Gasteiger partial charge in [0.25, 0.3) is 0 Å². The lowest BCUT2D eigenvalue weighted by Crippen LogP contribution is -2.18. The molecule has 0 heterocycles. The molecule has 0 saturated carbocycles. The van der Waals surface area contributed by atoms with Crippen LogP contribution in [0.2, 0.25) is 5.02 Å². The fourth-order valence-electron chi connectivity index (χ4n) is 1.95. The molecule has 6 heteroatoms. The predicted octanol–water partition coefficient (Wildman–Crippen LogP) is 3.81. The molecule has 0 N–H and O–H groups in total. The third kappa shape index (κ3) is 4.99. The molecule has 0 radical (unpaired) electrons. The van der Waals surface area contributed by atoms with Gasteiger partial charge in [-0.15, -0.1) is 0 Å². The summed E-state index contributed by atoms with van der Waals surface area (Å²) in [4.78, 5) is 23.4. The maximum Gasteiger partial charge on any atom is 0.349 e. The molecule has 0 unspecified atom stereocenters. The second kappa shape index (κ2) is 8.36. The molecule has 5 nitrogen and oxygen atoms in total. The number of halogens is 1. The molecule has 0 aliphatic heterocycles. The van der Waals surface area contributed by atoms with Crippen LogP contribution < -0.4 is 9.47 Å². The average Bonchev–Trinajstić information content (AvgIpc) is 2.55. The summed E-state index contributed by atoms with van der Waals surface area (Å²) >= 11 is 5.86. The Morgan fingerprint density at radius 2 is 1.79 bits per heavy atom. The van der Waals surface area contributed by atoms with E-state index in [1.54, 1.807) is 25.1 Å². The molecular formula is C18H17ClO5. The van der Waals surface area contributed by atoms with Crippen LogP contribution in [-0.4, -0.2) is 25.2 Å².